The van der Waals surface area contributed by atoms with E-state index in [1.807, 2.05) is 26.0 Å². The second-order valence-corrected chi connectivity index (χ2v) is 4.35. The molecule has 0 fully saturated rings. The fraction of sp³-hybridized carbons (Fsp3) is 0.438. The molecule has 0 unspecified atom stereocenters. The van der Waals surface area contributed by atoms with Crippen LogP contribution >= 0.6 is 0 Å². The number of nitrogens with zero attached hydrogens (tertiary/aromatic N) is 2. The molecule has 0 aromatic rings. The molecule has 3 nitrogen and oxygen atoms in total. The van der Waals surface area contributed by atoms with Crippen molar-refractivity contribution < 1.29 is 0 Å². The molecule has 0 saturated heterocycles. The Morgan fingerprint density at radius 2 is 1.89 bits per heavy atom. The van der Waals surface area contributed by atoms with Gasteiger partial charge < -0.3 is 10.2 Å². The van der Waals surface area contributed by atoms with E-state index in [9.17, 15) is 0 Å². The highest BCUT2D eigenvalue weighted by Crippen LogP contribution is 1.94. The number of allylic oxidation sites excluding steroid dienone is 3. The Morgan fingerprint density at radius 3 is 2.21 bits per heavy atom. The van der Waals surface area contributed by atoms with E-state index in [1.54, 1.807) is 6.08 Å². The van der Waals surface area contributed by atoms with Crippen LogP contribution in [0, 0.1) is 0 Å². The molecular formula is C16H29N3. The molecule has 0 aliphatic rings. The van der Waals surface area contributed by atoms with Crippen LogP contribution in [0.25, 0.3) is 0 Å². The largest absolute Gasteiger partial charge is 0.344 e. The third-order valence-electron chi connectivity index (χ3n) is 1.93. The van der Waals surface area contributed by atoms with Crippen molar-refractivity contribution >= 4 is 5.84 Å². The van der Waals surface area contributed by atoms with Crippen molar-refractivity contribution in [2.75, 3.05) is 20.6 Å². The molecule has 0 aromatic carbocycles. The van der Waals surface area contributed by atoms with Crippen molar-refractivity contribution in [3.05, 3.63) is 49.4 Å². The Labute approximate surface area is 119 Å². The summed E-state index contributed by atoms with van der Waals surface area (Å²) in [6.07, 6.45) is 6.64. The molecule has 0 aromatic heterocycles. The summed E-state index contributed by atoms with van der Waals surface area (Å²) < 4.78 is 0. The molecule has 0 aliphatic heterocycles. The zero-order valence-corrected chi connectivity index (χ0v) is 13.2. The van der Waals surface area contributed by atoms with E-state index in [-0.39, 0.29) is 0 Å². The quantitative estimate of drug-likeness (QED) is 0.449. The topological polar surface area (TPSA) is 27.6 Å². The summed E-state index contributed by atoms with van der Waals surface area (Å²) in [6.45, 7) is 18.2. The lowest BCUT2D eigenvalue weighted by Crippen LogP contribution is -2.17. The van der Waals surface area contributed by atoms with Crippen LogP contribution in [-0.2, 0) is 0 Å². The Kier molecular flexibility index (Phi) is 13.3. The smallest absolute Gasteiger partial charge is 0.103 e. The van der Waals surface area contributed by atoms with Gasteiger partial charge in [-0.3, -0.25) is 0 Å². The van der Waals surface area contributed by atoms with Crippen LogP contribution in [-0.4, -0.2) is 31.4 Å². The van der Waals surface area contributed by atoms with Crippen LogP contribution in [0.4, 0.5) is 0 Å². The van der Waals surface area contributed by atoms with Crippen LogP contribution in [0.3, 0.4) is 0 Å². The lowest BCUT2D eigenvalue weighted by Gasteiger charge is -2.04. The number of hydrogen-bond donors (Lipinski definition) is 1. The normalized spacial score (nSPS) is 10.9. The van der Waals surface area contributed by atoms with Gasteiger partial charge in [0, 0.05) is 5.70 Å². The lowest BCUT2D eigenvalue weighted by atomic mass is 10.4. The highest BCUT2D eigenvalue weighted by Gasteiger charge is 1.90. The van der Waals surface area contributed by atoms with Crippen LogP contribution in [0.2, 0.25) is 0 Å². The monoisotopic (exact) mass is 263 g/mol. The van der Waals surface area contributed by atoms with E-state index in [0.717, 1.165) is 11.5 Å². The minimum absolute atomic E-state index is 0.637. The average molecular weight is 263 g/mol. The van der Waals surface area contributed by atoms with Crippen molar-refractivity contribution in [1.82, 2.24) is 10.2 Å². The highest BCUT2D eigenvalue weighted by molar-refractivity contribution is 5.82. The van der Waals surface area contributed by atoms with Crippen LogP contribution in [0.15, 0.2) is 54.4 Å². The first-order valence-electron chi connectivity index (χ1n) is 6.47. The molecule has 0 amide bonds. The van der Waals surface area contributed by atoms with Gasteiger partial charge in [-0.15, -0.1) is 0 Å². The molecule has 3 heteroatoms. The summed E-state index contributed by atoms with van der Waals surface area (Å²) >= 11 is 0. The third-order valence-corrected chi connectivity index (χ3v) is 1.93. The van der Waals surface area contributed by atoms with E-state index in [1.165, 1.54) is 13.0 Å². The van der Waals surface area contributed by atoms with Gasteiger partial charge in [0.15, 0.2) is 0 Å². The molecule has 108 valence electrons. The van der Waals surface area contributed by atoms with Gasteiger partial charge in [0.1, 0.15) is 5.84 Å². The Bertz CT molecular complexity index is 336. The van der Waals surface area contributed by atoms with Crippen molar-refractivity contribution in [2.24, 2.45) is 4.99 Å². The van der Waals surface area contributed by atoms with Gasteiger partial charge in [-0.25, -0.2) is 4.99 Å². The minimum Gasteiger partial charge on any atom is -0.344 e. The summed E-state index contributed by atoms with van der Waals surface area (Å²) in [7, 11) is 4.17. The number of rotatable bonds is 6. The number of nitrogens with one attached hydrogen (secondary N) is 1. The van der Waals surface area contributed by atoms with Gasteiger partial charge in [-0.2, -0.15) is 0 Å². The van der Waals surface area contributed by atoms with Crippen molar-refractivity contribution in [3.8, 4) is 0 Å². The molecule has 1 N–H and O–H groups in total. The molecule has 0 rings (SSSR count). The van der Waals surface area contributed by atoms with Crippen LogP contribution in [0.5, 0.6) is 0 Å². The zero-order valence-electron chi connectivity index (χ0n) is 13.2. The molecule has 0 heterocycles. The number of aliphatic imine (C=N–C) groups is 1. The third kappa shape index (κ3) is 16.4. The van der Waals surface area contributed by atoms with Gasteiger partial charge in [-0.05, 0) is 53.1 Å². The predicted octanol–water partition coefficient (Wildman–Crippen LogP) is 3.74. The maximum absolute atomic E-state index is 4.12. The van der Waals surface area contributed by atoms with Crippen molar-refractivity contribution in [2.45, 2.75) is 27.2 Å². The van der Waals surface area contributed by atoms with Crippen LogP contribution < -0.4 is 5.32 Å². The van der Waals surface area contributed by atoms with Gasteiger partial charge in [0.2, 0.25) is 0 Å². The molecule has 0 saturated carbocycles. The van der Waals surface area contributed by atoms with E-state index in [2.05, 4.69) is 56.0 Å². The lowest BCUT2D eigenvalue weighted by molar-refractivity contribution is 0.408. The molecule has 0 aliphatic carbocycles. The number of amidine groups is 1. The van der Waals surface area contributed by atoms with Crippen molar-refractivity contribution in [1.29, 1.82) is 0 Å². The van der Waals surface area contributed by atoms with E-state index in [0.29, 0.717) is 5.70 Å². The van der Waals surface area contributed by atoms with E-state index >= 15 is 0 Å². The number of hydrogen-bond acceptors (Lipinski definition) is 2. The zero-order chi connectivity index (χ0) is 15.3. The second-order valence-electron chi connectivity index (χ2n) is 4.35. The molecule has 0 atom stereocenters. The van der Waals surface area contributed by atoms with Gasteiger partial charge >= 0.3 is 0 Å². The molecule has 19 heavy (non-hydrogen) atoms. The second kappa shape index (κ2) is 12.8. The standard InChI is InChI=1S/C11H16N2.C5H13N/c1-6-8-10(4)13-11(5)12-9(3)7-2;1-4-5-6(2)3/h6-8H,2-4H2,1,5H3,(H,12,13);4-5H2,1-3H3/b8-6-;. The fourth-order valence-corrected chi connectivity index (χ4v) is 1.21. The summed E-state index contributed by atoms with van der Waals surface area (Å²) in [4.78, 5) is 6.30. The maximum Gasteiger partial charge on any atom is 0.103 e. The predicted molar refractivity (Wildman–Crippen MR) is 88.4 cm³/mol. The van der Waals surface area contributed by atoms with Gasteiger partial charge in [0.25, 0.3) is 0 Å². The maximum atomic E-state index is 4.12. The summed E-state index contributed by atoms with van der Waals surface area (Å²) in [5, 5.41) is 3.01. The van der Waals surface area contributed by atoms with Crippen molar-refractivity contribution in [3.63, 3.8) is 0 Å². The Morgan fingerprint density at radius 1 is 1.32 bits per heavy atom. The SMILES string of the molecule is C=CC(=C)N=C(C)NC(=C)/C=C\C.CCCN(C)C. The Hall–Kier alpha value is -1.61. The first kappa shape index (κ1) is 19.7. The molecule has 0 spiro atoms. The molecule has 0 bridgehead atoms. The first-order chi connectivity index (χ1) is 8.87. The van der Waals surface area contributed by atoms with Gasteiger partial charge in [-0.1, -0.05) is 32.7 Å². The Balaban J connectivity index is 0. The fourth-order valence-electron chi connectivity index (χ4n) is 1.21. The summed E-state index contributed by atoms with van der Waals surface area (Å²) in [6, 6.07) is 0. The summed E-state index contributed by atoms with van der Waals surface area (Å²) in [5.41, 5.74) is 1.44. The van der Waals surface area contributed by atoms with E-state index < -0.39 is 0 Å². The molecule has 0 radical (unpaired) electrons. The highest BCUT2D eigenvalue weighted by atomic mass is 15.0. The minimum atomic E-state index is 0.637. The van der Waals surface area contributed by atoms with E-state index in [4.69, 9.17) is 0 Å². The van der Waals surface area contributed by atoms with Crippen LogP contribution in [0.1, 0.15) is 27.2 Å². The summed E-state index contributed by atoms with van der Waals surface area (Å²) in [5.74, 6) is 0.757. The molecular weight excluding hydrogens is 234 g/mol. The van der Waals surface area contributed by atoms with Gasteiger partial charge in [0.05, 0.1) is 5.70 Å². The first-order valence-corrected chi connectivity index (χ1v) is 6.47. The average Bonchev–Trinajstić information content (AvgIpc) is 2.29.